The Morgan fingerprint density at radius 2 is 1.35 bits per heavy atom. The molecule has 0 saturated heterocycles. The number of nitrogens with one attached hydrogen (secondary N) is 2. The van der Waals surface area contributed by atoms with Gasteiger partial charge in [0.15, 0.2) is 0 Å². The van der Waals surface area contributed by atoms with Gasteiger partial charge in [-0.3, -0.25) is 10.8 Å². The van der Waals surface area contributed by atoms with Crippen molar-refractivity contribution in [2.75, 3.05) is 0 Å². The van der Waals surface area contributed by atoms with E-state index >= 15 is 0 Å². The summed E-state index contributed by atoms with van der Waals surface area (Å²) in [5.41, 5.74) is 21.0. The molecule has 10 N–H and O–H groups in total. The first-order valence-corrected chi connectivity index (χ1v) is 7.60. The Morgan fingerprint density at radius 1 is 0.900 bits per heavy atom. The predicted octanol–water partition coefficient (Wildman–Crippen LogP) is 1.62. The van der Waals surface area contributed by atoms with E-state index in [9.17, 15) is 0 Å². The summed E-state index contributed by atoms with van der Waals surface area (Å²) in [6.45, 7) is 2.21. The molecule has 0 bridgehead atoms. The number of hydrogen-bond acceptors (Lipinski definition) is 4. The lowest BCUT2D eigenvalue weighted by atomic mass is 9.86. The van der Waals surface area contributed by atoms with Gasteiger partial charge in [-0.25, -0.2) is 0 Å². The minimum atomic E-state index is -1.51. The average Bonchev–Trinajstić information content (AvgIpc) is 2.35. The van der Waals surface area contributed by atoms with Crippen LogP contribution >= 0.6 is 0 Å². The Kier molecular flexibility index (Phi) is 9.16. The molecule has 0 fully saturated rings. The highest BCUT2D eigenvalue weighted by Crippen LogP contribution is 2.18. The van der Waals surface area contributed by atoms with Crippen LogP contribution in [0.15, 0.2) is 0 Å². The topological polar surface area (TPSA) is 152 Å². The van der Waals surface area contributed by atoms with Crippen molar-refractivity contribution in [2.45, 2.75) is 70.4 Å². The van der Waals surface area contributed by atoms with Crippen LogP contribution in [0.2, 0.25) is 0 Å². The molecule has 0 aromatic rings. The Hall–Kier alpha value is -1.14. The van der Waals surface area contributed by atoms with Crippen LogP contribution in [0.3, 0.4) is 0 Å². The summed E-state index contributed by atoms with van der Waals surface area (Å²) in [6.07, 6.45) is 10.2. The molecule has 6 heteroatoms. The molecule has 0 aliphatic heterocycles. The fourth-order valence-corrected chi connectivity index (χ4v) is 2.32. The number of nitrogens with two attached hydrogens (primary N) is 4. The van der Waals surface area contributed by atoms with Crippen LogP contribution in [0.4, 0.5) is 0 Å². The van der Waals surface area contributed by atoms with Crippen molar-refractivity contribution in [2.24, 2.45) is 28.9 Å². The second-order valence-electron chi connectivity index (χ2n) is 5.62. The first-order valence-electron chi connectivity index (χ1n) is 7.60. The van der Waals surface area contributed by atoms with E-state index in [2.05, 4.69) is 6.92 Å². The first kappa shape index (κ1) is 18.9. The van der Waals surface area contributed by atoms with E-state index in [1.807, 2.05) is 0 Å². The lowest BCUT2D eigenvalue weighted by Crippen LogP contribution is -2.66. The van der Waals surface area contributed by atoms with Crippen molar-refractivity contribution in [3.63, 3.8) is 0 Å². The Morgan fingerprint density at radius 3 is 1.75 bits per heavy atom. The summed E-state index contributed by atoms with van der Waals surface area (Å²) < 4.78 is 0. The van der Waals surface area contributed by atoms with Crippen LogP contribution < -0.4 is 22.9 Å². The van der Waals surface area contributed by atoms with E-state index in [1.165, 1.54) is 38.5 Å². The molecule has 0 rings (SSSR count). The standard InChI is InChI=1S/C14H32N6/c1-2-3-4-5-6-7-8-9-10-11(12(15)16)14(19,20)13(17)18/h11H,2-10,19-20H2,1H3,(H3,15,16)(H3,17,18). The highest BCUT2D eigenvalue weighted by Gasteiger charge is 2.35. The van der Waals surface area contributed by atoms with Gasteiger partial charge in [0.25, 0.3) is 0 Å². The van der Waals surface area contributed by atoms with Crippen molar-refractivity contribution in [1.29, 1.82) is 10.8 Å². The highest BCUT2D eigenvalue weighted by molar-refractivity contribution is 5.94. The Bertz CT molecular complexity index is 300. The molecule has 0 aromatic carbocycles. The minimum absolute atomic E-state index is 0.0897. The summed E-state index contributed by atoms with van der Waals surface area (Å²) in [5, 5.41) is 15.0. The molecular formula is C14H32N6. The number of amidine groups is 2. The fraction of sp³-hybridized carbons (Fsp3) is 0.857. The lowest BCUT2D eigenvalue weighted by molar-refractivity contribution is 0.407. The van der Waals surface area contributed by atoms with Crippen LogP contribution in [0.25, 0.3) is 0 Å². The fourth-order valence-electron chi connectivity index (χ4n) is 2.32. The van der Waals surface area contributed by atoms with E-state index in [0.29, 0.717) is 6.42 Å². The molecule has 118 valence electrons. The molecule has 0 spiro atoms. The van der Waals surface area contributed by atoms with Gasteiger partial charge in [0.05, 0.1) is 11.8 Å². The number of hydrogen-bond donors (Lipinski definition) is 6. The van der Waals surface area contributed by atoms with Crippen LogP contribution in [0.1, 0.15) is 64.7 Å². The second-order valence-corrected chi connectivity index (χ2v) is 5.62. The van der Waals surface area contributed by atoms with Crippen LogP contribution in [0, 0.1) is 16.7 Å². The zero-order valence-electron chi connectivity index (χ0n) is 12.8. The zero-order valence-corrected chi connectivity index (χ0v) is 12.8. The maximum Gasteiger partial charge on any atom is 0.132 e. The van der Waals surface area contributed by atoms with Gasteiger partial charge in [-0.05, 0) is 6.42 Å². The molecule has 0 radical (unpaired) electrons. The summed E-state index contributed by atoms with van der Waals surface area (Å²) >= 11 is 0. The van der Waals surface area contributed by atoms with Crippen molar-refractivity contribution in [3.05, 3.63) is 0 Å². The normalized spacial score (nSPS) is 13.2. The third-order valence-corrected chi connectivity index (χ3v) is 3.76. The van der Waals surface area contributed by atoms with E-state index in [4.69, 9.17) is 33.8 Å². The average molecular weight is 284 g/mol. The molecule has 1 unspecified atom stereocenters. The van der Waals surface area contributed by atoms with Gasteiger partial charge in [0.1, 0.15) is 11.5 Å². The predicted molar refractivity (Wildman–Crippen MR) is 85.7 cm³/mol. The largest absolute Gasteiger partial charge is 0.387 e. The molecular weight excluding hydrogens is 252 g/mol. The van der Waals surface area contributed by atoms with Crippen molar-refractivity contribution < 1.29 is 0 Å². The summed E-state index contributed by atoms with van der Waals surface area (Å²) in [7, 11) is 0. The van der Waals surface area contributed by atoms with E-state index in [1.54, 1.807) is 0 Å². The summed E-state index contributed by atoms with van der Waals surface area (Å²) in [5.74, 6) is -0.967. The second kappa shape index (κ2) is 9.72. The van der Waals surface area contributed by atoms with Gasteiger partial charge in [0.2, 0.25) is 0 Å². The van der Waals surface area contributed by atoms with Gasteiger partial charge in [-0.1, -0.05) is 58.3 Å². The van der Waals surface area contributed by atoms with Crippen molar-refractivity contribution >= 4 is 11.7 Å². The SMILES string of the molecule is CCCCCCCCCCC(C(=N)N)C(N)(N)C(=N)N. The molecule has 0 aliphatic carbocycles. The Labute approximate surface area is 122 Å². The molecule has 0 aliphatic rings. The zero-order chi connectivity index (χ0) is 15.6. The van der Waals surface area contributed by atoms with Crippen molar-refractivity contribution in [3.8, 4) is 0 Å². The quantitative estimate of drug-likeness (QED) is 0.139. The molecule has 0 heterocycles. The molecule has 1 atom stereocenters. The number of rotatable bonds is 12. The molecule has 0 amide bonds. The minimum Gasteiger partial charge on any atom is -0.387 e. The highest BCUT2D eigenvalue weighted by atomic mass is 15.1. The number of unbranched alkanes of at least 4 members (excludes halogenated alkanes) is 7. The van der Waals surface area contributed by atoms with Gasteiger partial charge in [0, 0.05) is 0 Å². The molecule has 20 heavy (non-hydrogen) atoms. The van der Waals surface area contributed by atoms with Crippen LogP contribution in [-0.4, -0.2) is 17.3 Å². The summed E-state index contributed by atoms with van der Waals surface area (Å²) in [4.78, 5) is 0. The van der Waals surface area contributed by atoms with Crippen LogP contribution in [0.5, 0.6) is 0 Å². The maximum atomic E-state index is 7.56. The Balaban J connectivity index is 3.95. The smallest absolute Gasteiger partial charge is 0.132 e. The molecule has 6 nitrogen and oxygen atoms in total. The van der Waals surface area contributed by atoms with Gasteiger partial charge in [-0.15, -0.1) is 0 Å². The summed E-state index contributed by atoms with van der Waals surface area (Å²) in [6, 6.07) is 0. The molecule has 0 saturated carbocycles. The van der Waals surface area contributed by atoms with Gasteiger partial charge >= 0.3 is 0 Å². The van der Waals surface area contributed by atoms with E-state index in [-0.39, 0.29) is 11.7 Å². The van der Waals surface area contributed by atoms with Gasteiger partial charge in [-0.2, -0.15) is 0 Å². The third kappa shape index (κ3) is 6.86. The molecule has 0 aromatic heterocycles. The third-order valence-electron chi connectivity index (χ3n) is 3.76. The monoisotopic (exact) mass is 284 g/mol. The first-order chi connectivity index (χ1) is 9.34. The van der Waals surface area contributed by atoms with E-state index < -0.39 is 11.6 Å². The van der Waals surface area contributed by atoms with E-state index in [0.717, 1.165) is 12.8 Å². The van der Waals surface area contributed by atoms with Gasteiger partial charge < -0.3 is 22.9 Å². The van der Waals surface area contributed by atoms with Crippen LogP contribution in [-0.2, 0) is 0 Å². The lowest BCUT2D eigenvalue weighted by Gasteiger charge is -2.31. The maximum absolute atomic E-state index is 7.56. The van der Waals surface area contributed by atoms with Crippen molar-refractivity contribution in [1.82, 2.24) is 0 Å².